The maximum absolute atomic E-state index is 13.7. The first-order chi connectivity index (χ1) is 9.88. The van der Waals surface area contributed by atoms with Crippen molar-refractivity contribution in [1.29, 1.82) is 0 Å². The lowest BCUT2D eigenvalue weighted by atomic mass is 10.1. The molecule has 2 aromatic rings. The number of carboxylic acids is 1. The highest BCUT2D eigenvalue weighted by Gasteiger charge is 2.11. The van der Waals surface area contributed by atoms with Gasteiger partial charge in [0.25, 0.3) is 0 Å². The van der Waals surface area contributed by atoms with E-state index in [0.717, 1.165) is 17.0 Å². The fraction of sp³-hybridized carbons (Fsp3) is 0.267. The monoisotopic (exact) mass is 306 g/mol. The third-order valence-corrected chi connectivity index (χ3v) is 4.16. The van der Waals surface area contributed by atoms with Crippen LogP contribution >= 0.6 is 11.8 Å². The van der Waals surface area contributed by atoms with Gasteiger partial charge in [0.15, 0.2) is 5.16 Å². The molecule has 0 radical (unpaired) electrons. The summed E-state index contributed by atoms with van der Waals surface area (Å²) in [6.07, 6.45) is 0. The molecule has 0 bridgehead atoms. The molecule has 0 saturated heterocycles. The van der Waals surface area contributed by atoms with Gasteiger partial charge < -0.3 is 5.11 Å². The molecule has 0 saturated carbocycles. The fourth-order valence-electron chi connectivity index (χ4n) is 1.77. The van der Waals surface area contributed by atoms with Crippen molar-refractivity contribution in [3.8, 4) is 0 Å². The van der Waals surface area contributed by atoms with E-state index >= 15 is 0 Å². The second-order valence-corrected chi connectivity index (χ2v) is 5.64. The number of rotatable bonds is 4. The van der Waals surface area contributed by atoms with Crippen molar-refractivity contribution in [2.24, 2.45) is 0 Å². The molecule has 1 N–H and O–H groups in total. The summed E-state index contributed by atoms with van der Waals surface area (Å²) in [5.74, 6) is -1.21. The number of carboxylic acid groups (broad SMARTS) is 1. The Labute approximate surface area is 126 Å². The quantitative estimate of drug-likeness (QED) is 0.691. The second kappa shape index (κ2) is 6.22. The molecular formula is C15H15FN2O2S. The van der Waals surface area contributed by atoms with Gasteiger partial charge in [-0.15, -0.1) is 0 Å². The van der Waals surface area contributed by atoms with Crippen molar-refractivity contribution in [2.75, 3.05) is 0 Å². The minimum atomic E-state index is -1.07. The Morgan fingerprint density at radius 1 is 1.24 bits per heavy atom. The van der Waals surface area contributed by atoms with Crippen LogP contribution in [0, 0.1) is 26.6 Å². The SMILES string of the molecule is Cc1nc(SCc2cc(C(=O)O)ccc2F)nc(C)c1C. The summed E-state index contributed by atoms with van der Waals surface area (Å²) in [5.41, 5.74) is 3.23. The van der Waals surface area contributed by atoms with Crippen LogP contribution in [0.25, 0.3) is 0 Å². The molecule has 2 rings (SSSR count). The van der Waals surface area contributed by atoms with Crippen LogP contribution in [0.1, 0.15) is 32.9 Å². The van der Waals surface area contributed by atoms with E-state index in [4.69, 9.17) is 5.11 Å². The van der Waals surface area contributed by atoms with E-state index in [1.807, 2.05) is 20.8 Å². The lowest BCUT2D eigenvalue weighted by molar-refractivity contribution is 0.0696. The minimum Gasteiger partial charge on any atom is -0.478 e. The number of carbonyl (C=O) groups is 1. The number of benzene rings is 1. The topological polar surface area (TPSA) is 63.1 Å². The van der Waals surface area contributed by atoms with E-state index < -0.39 is 11.8 Å². The minimum absolute atomic E-state index is 0.0733. The standard InChI is InChI=1S/C15H15FN2O2S/c1-8-9(2)17-15(18-10(8)3)21-7-12-6-11(14(19)20)4-5-13(12)16/h4-6H,7H2,1-3H3,(H,19,20). The van der Waals surface area contributed by atoms with Crippen molar-refractivity contribution in [1.82, 2.24) is 9.97 Å². The molecule has 1 aromatic heterocycles. The van der Waals surface area contributed by atoms with Crippen molar-refractivity contribution in [3.05, 3.63) is 52.1 Å². The Balaban J connectivity index is 2.20. The summed E-state index contributed by atoms with van der Waals surface area (Å²) in [4.78, 5) is 19.6. The number of halogens is 1. The molecule has 1 heterocycles. The highest BCUT2D eigenvalue weighted by molar-refractivity contribution is 7.98. The summed E-state index contributed by atoms with van der Waals surface area (Å²) in [7, 11) is 0. The molecule has 0 unspecified atom stereocenters. The summed E-state index contributed by atoms with van der Waals surface area (Å²) in [6.45, 7) is 5.76. The maximum atomic E-state index is 13.7. The van der Waals surface area contributed by atoms with Gasteiger partial charge >= 0.3 is 5.97 Å². The maximum Gasteiger partial charge on any atom is 0.335 e. The normalized spacial score (nSPS) is 10.7. The zero-order chi connectivity index (χ0) is 15.6. The number of hydrogen-bond acceptors (Lipinski definition) is 4. The number of aromatic nitrogens is 2. The van der Waals surface area contributed by atoms with Gasteiger partial charge in [-0.25, -0.2) is 19.2 Å². The van der Waals surface area contributed by atoms with E-state index in [1.54, 1.807) is 0 Å². The summed E-state index contributed by atoms with van der Waals surface area (Å²) < 4.78 is 13.7. The smallest absolute Gasteiger partial charge is 0.335 e. The van der Waals surface area contributed by atoms with Crippen LogP contribution in [-0.2, 0) is 5.75 Å². The first kappa shape index (κ1) is 15.4. The summed E-state index contributed by atoms with van der Waals surface area (Å²) in [6, 6.07) is 3.77. The largest absolute Gasteiger partial charge is 0.478 e. The number of thioether (sulfide) groups is 1. The molecule has 0 amide bonds. The zero-order valence-corrected chi connectivity index (χ0v) is 12.8. The molecule has 0 spiro atoms. The Kier molecular flexibility index (Phi) is 4.57. The lowest BCUT2D eigenvalue weighted by Gasteiger charge is -2.07. The number of aromatic carboxylic acids is 1. The number of nitrogens with zero attached hydrogens (tertiary/aromatic N) is 2. The van der Waals surface area contributed by atoms with Crippen LogP contribution in [-0.4, -0.2) is 21.0 Å². The molecule has 4 nitrogen and oxygen atoms in total. The van der Waals surface area contributed by atoms with Crippen LogP contribution in [0.15, 0.2) is 23.4 Å². The van der Waals surface area contributed by atoms with Crippen LogP contribution in [0.4, 0.5) is 4.39 Å². The molecule has 21 heavy (non-hydrogen) atoms. The van der Waals surface area contributed by atoms with Crippen LogP contribution < -0.4 is 0 Å². The third-order valence-electron chi connectivity index (χ3n) is 3.26. The Morgan fingerprint density at radius 2 is 1.86 bits per heavy atom. The van der Waals surface area contributed by atoms with Gasteiger partial charge in [-0.1, -0.05) is 11.8 Å². The van der Waals surface area contributed by atoms with Gasteiger partial charge in [-0.2, -0.15) is 0 Å². The van der Waals surface area contributed by atoms with Crippen molar-refractivity contribution in [3.63, 3.8) is 0 Å². The van der Waals surface area contributed by atoms with E-state index in [1.165, 1.54) is 30.0 Å². The van der Waals surface area contributed by atoms with Gasteiger partial charge in [0.2, 0.25) is 0 Å². The Bertz CT molecular complexity index is 681. The zero-order valence-electron chi connectivity index (χ0n) is 12.0. The van der Waals surface area contributed by atoms with E-state index in [9.17, 15) is 9.18 Å². The number of aryl methyl sites for hydroxylation is 2. The molecule has 6 heteroatoms. The average Bonchev–Trinajstić information content (AvgIpc) is 2.43. The molecule has 0 atom stereocenters. The predicted molar refractivity (Wildman–Crippen MR) is 79.2 cm³/mol. The summed E-state index contributed by atoms with van der Waals surface area (Å²) >= 11 is 1.29. The van der Waals surface area contributed by atoms with Crippen LogP contribution in [0.3, 0.4) is 0 Å². The van der Waals surface area contributed by atoms with E-state index in [2.05, 4.69) is 9.97 Å². The Hall–Kier alpha value is -1.95. The molecule has 0 aliphatic heterocycles. The first-order valence-electron chi connectivity index (χ1n) is 6.35. The molecule has 0 fully saturated rings. The van der Waals surface area contributed by atoms with Gasteiger partial charge in [0, 0.05) is 17.1 Å². The van der Waals surface area contributed by atoms with Gasteiger partial charge in [0.05, 0.1) is 5.56 Å². The van der Waals surface area contributed by atoms with Gasteiger partial charge in [-0.3, -0.25) is 0 Å². The second-order valence-electron chi connectivity index (χ2n) is 4.70. The van der Waals surface area contributed by atoms with Gasteiger partial charge in [0.1, 0.15) is 5.82 Å². The Morgan fingerprint density at radius 3 is 2.43 bits per heavy atom. The third kappa shape index (κ3) is 3.58. The average molecular weight is 306 g/mol. The molecule has 110 valence electrons. The van der Waals surface area contributed by atoms with Crippen molar-refractivity contribution >= 4 is 17.7 Å². The fourth-order valence-corrected chi connectivity index (χ4v) is 2.68. The molecule has 0 aliphatic rings. The molecule has 0 aliphatic carbocycles. The highest BCUT2D eigenvalue weighted by Crippen LogP contribution is 2.23. The van der Waals surface area contributed by atoms with Crippen molar-refractivity contribution in [2.45, 2.75) is 31.7 Å². The predicted octanol–water partition coefficient (Wildman–Crippen LogP) is 3.53. The van der Waals surface area contributed by atoms with Crippen molar-refractivity contribution < 1.29 is 14.3 Å². The number of hydrogen-bond donors (Lipinski definition) is 1. The first-order valence-corrected chi connectivity index (χ1v) is 7.33. The van der Waals surface area contributed by atoms with Crippen LogP contribution in [0.2, 0.25) is 0 Å². The van der Waals surface area contributed by atoms with E-state index in [0.29, 0.717) is 10.7 Å². The molecule has 1 aromatic carbocycles. The van der Waals surface area contributed by atoms with Crippen LogP contribution in [0.5, 0.6) is 0 Å². The van der Waals surface area contributed by atoms with E-state index in [-0.39, 0.29) is 11.3 Å². The van der Waals surface area contributed by atoms with Gasteiger partial charge in [-0.05, 0) is 50.1 Å². The summed E-state index contributed by atoms with van der Waals surface area (Å²) in [5, 5.41) is 9.50. The molecular weight excluding hydrogens is 291 g/mol. The highest BCUT2D eigenvalue weighted by atomic mass is 32.2. The lowest BCUT2D eigenvalue weighted by Crippen LogP contribution is -2.00.